The van der Waals surface area contributed by atoms with Crippen LogP contribution in [0, 0.1) is 0 Å². The molecule has 0 saturated carbocycles. The van der Waals surface area contributed by atoms with Crippen LogP contribution in [0.15, 0.2) is 45.6 Å². The van der Waals surface area contributed by atoms with E-state index in [1.807, 2.05) is 0 Å². The van der Waals surface area contributed by atoms with Gasteiger partial charge in [-0.25, -0.2) is 13.2 Å². The Hall–Kier alpha value is -2.29. The van der Waals surface area contributed by atoms with Crippen molar-refractivity contribution in [3.05, 3.63) is 30.3 Å². The maximum absolute atomic E-state index is 12.2. The fraction of sp³-hybridized carbons (Fsp3) is 0.111. The standard InChI is InChI=1S/C9H8N4O4S/c10-9(15)13-8(7(14)11-12-13)18(16,17)6-4-2-1-3-5-6/h1-5,8H,(H2,10,15). The molecule has 8 nitrogen and oxygen atoms in total. The quantitative estimate of drug-likeness (QED) is 0.815. The van der Waals surface area contributed by atoms with Crippen molar-refractivity contribution in [2.24, 2.45) is 16.1 Å². The maximum atomic E-state index is 12.2. The van der Waals surface area contributed by atoms with Crippen LogP contribution in [-0.4, -0.2) is 30.7 Å². The van der Waals surface area contributed by atoms with Gasteiger partial charge in [0.2, 0.25) is 15.2 Å². The highest BCUT2D eigenvalue weighted by Gasteiger charge is 2.45. The largest absolute Gasteiger partial charge is 0.350 e. The number of nitrogens with two attached hydrogens (primary N) is 1. The molecule has 0 spiro atoms. The molecule has 1 heterocycles. The van der Waals surface area contributed by atoms with Crippen LogP contribution < -0.4 is 5.73 Å². The van der Waals surface area contributed by atoms with Crippen molar-refractivity contribution in [3.63, 3.8) is 0 Å². The average molecular weight is 268 g/mol. The van der Waals surface area contributed by atoms with E-state index in [2.05, 4.69) is 10.3 Å². The molecule has 0 saturated heterocycles. The number of urea groups is 1. The number of primary amides is 1. The van der Waals surface area contributed by atoms with E-state index in [1.54, 1.807) is 6.07 Å². The van der Waals surface area contributed by atoms with Crippen molar-refractivity contribution in [2.45, 2.75) is 10.3 Å². The molecule has 0 fully saturated rings. The zero-order valence-electron chi connectivity index (χ0n) is 8.92. The van der Waals surface area contributed by atoms with Gasteiger partial charge in [0.1, 0.15) is 0 Å². The van der Waals surface area contributed by atoms with Crippen LogP contribution >= 0.6 is 0 Å². The number of rotatable bonds is 2. The predicted octanol–water partition coefficient (Wildman–Crippen LogP) is 0.0745. The van der Waals surface area contributed by atoms with Crippen molar-refractivity contribution in [3.8, 4) is 0 Å². The molecule has 3 amide bonds. The highest BCUT2D eigenvalue weighted by molar-refractivity contribution is 7.92. The lowest BCUT2D eigenvalue weighted by Gasteiger charge is -2.16. The van der Waals surface area contributed by atoms with Crippen LogP contribution in [0.3, 0.4) is 0 Å². The number of amides is 3. The van der Waals surface area contributed by atoms with Gasteiger partial charge in [-0.2, -0.15) is 5.01 Å². The van der Waals surface area contributed by atoms with E-state index in [9.17, 15) is 18.0 Å². The summed E-state index contributed by atoms with van der Waals surface area (Å²) in [7, 11) is -4.09. The Morgan fingerprint density at radius 3 is 2.44 bits per heavy atom. The van der Waals surface area contributed by atoms with Crippen LogP contribution in [0.2, 0.25) is 0 Å². The smallest absolute Gasteiger partial charge is 0.338 e. The van der Waals surface area contributed by atoms with Crippen LogP contribution in [0.1, 0.15) is 0 Å². The van der Waals surface area contributed by atoms with Crippen molar-refractivity contribution in [1.82, 2.24) is 5.01 Å². The number of hydrogen-bond acceptors (Lipinski definition) is 5. The molecular weight excluding hydrogens is 260 g/mol. The Morgan fingerprint density at radius 2 is 1.89 bits per heavy atom. The molecule has 94 valence electrons. The summed E-state index contributed by atoms with van der Waals surface area (Å²) >= 11 is 0. The molecule has 0 radical (unpaired) electrons. The van der Waals surface area contributed by atoms with E-state index in [0.29, 0.717) is 5.01 Å². The third-order valence-corrected chi connectivity index (χ3v) is 4.18. The number of hydrogen-bond donors (Lipinski definition) is 1. The van der Waals surface area contributed by atoms with Crippen LogP contribution in [-0.2, 0) is 14.6 Å². The lowest BCUT2D eigenvalue weighted by atomic mass is 10.4. The molecule has 1 aromatic rings. The van der Waals surface area contributed by atoms with Gasteiger partial charge in [0.15, 0.2) is 0 Å². The highest BCUT2D eigenvalue weighted by atomic mass is 32.2. The Labute approximate surface area is 102 Å². The second kappa shape index (κ2) is 4.18. The van der Waals surface area contributed by atoms with Gasteiger partial charge >= 0.3 is 11.9 Å². The summed E-state index contributed by atoms with van der Waals surface area (Å²) in [5.41, 5.74) is 4.94. The van der Waals surface area contributed by atoms with E-state index >= 15 is 0 Å². The summed E-state index contributed by atoms with van der Waals surface area (Å²) in [5, 5.41) is 4.72. The van der Waals surface area contributed by atoms with Crippen molar-refractivity contribution >= 4 is 21.8 Å². The van der Waals surface area contributed by atoms with E-state index in [1.165, 1.54) is 24.3 Å². The Balaban J connectivity index is 2.48. The predicted molar refractivity (Wildman–Crippen MR) is 58.7 cm³/mol. The highest BCUT2D eigenvalue weighted by Crippen LogP contribution is 2.23. The topological polar surface area (TPSA) is 122 Å². The zero-order chi connectivity index (χ0) is 13.3. The molecule has 2 N–H and O–H groups in total. The van der Waals surface area contributed by atoms with E-state index in [-0.39, 0.29) is 4.90 Å². The summed E-state index contributed by atoms with van der Waals surface area (Å²) in [4.78, 5) is 22.3. The van der Waals surface area contributed by atoms with E-state index < -0.39 is 27.1 Å². The third kappa shape index (κ3) is 1.84. The first-order valence-corrected chi connectivity index (χ1v) is 6.32. The fourth-order valence-electron chi connectivity index (χ4n) is 1.46. The molecule has 0 aliphatic carbocycles. The van der Waals surface area contributed by atoms with Crippen LogP contribution in [0.25, 0.3) is 0 Å². The first-order chi connectivity index (χ1) is 8.44. The molecule has 1 aromatic carbocycles. The molecule has 1 aliphatic rings. The van der Waals surface area contributed by atoms with Gasteiger partial charge in [-0.15, -0.1) is 0 Å². The minimum atomic E-state index is -4.09. The van der Waals surface area contributed by atoms with Crippen molar-refractivity contribution < 1.29 is 18.0 Å². The molecule has 18 heavy (non-hydrogen) atoms. The van der Waals surface area contributed by atoms with Crippen LogP contribution in [0.5, 0.6) is 0 Å². The summed E-state index contributed by atoms with van der Waals surface area (Å²) in [6.07, 6.45) is 0. The van der Waals surface area contributed by atoms with E-state index in [0.717, 1.165) is 0 Å². The average Bonchev–Trinajstić information content (AvgIpc) is 2.73. The summed E-state index contributed by atoms with van der Waals surface area (Å²) in [6, 6.07) is 6.06. The van der Waals surface area contributed by atoms with Gasteiger partial charge < -0.3 is 5.73 Å². The van der Waals surface area contributed by atoms with Crippen LogP contribution in [0.4, 0.5) is 4.79 Å². The lowest BCUT2D eigenvalue weighted by Crippen LogP contribution is -2.45. The van der Waals surface area contributed by atoms with Gasteiger partial charge in [0.25, 0.3) is 0 Å². The second-order valence-electron chi connectivity index (χ2n) is 3.42. The molecular formula is C9H8N4O4S. The molecule has 2 rings (SSSR count). The van der Waals surface area contributed by atoms with Gasteiger partial charge in [-0.3, -0.25) is 4.79 Å². The Bertz CT molecular complexity index is 625. The van der Waals surface area contributed by atoms with Crippen molar-refractivity contribution in [2.75, 3.05) is 0 Å². The minimum absolute atomic E-state index is 0.109. The van der Waals surface area contributed by atoms with E-state index in [4.69, 9.17) is 5.73 Å². The lowest BCUT2D eigenvalue weighted by molar-refractivity contribution is -0.117. The summed E-state index contributed by atoms with van der Waals surface area (Å²) in [6.45, 7) is 0. The molecule has 1 aliphatic heterocycles. The molecule has 1 unspecified atom stereocenters. The first kappa shape index (κ1) is 12.2. The first-order valence-electron chi connectivity index (χ1n) is 4.77. The maximum Gasteiger partial charge on any atom is 0.338 e. The number of carbonyl (C=O) groups excluding carboxylic acids is 2. The zero-order valence-corrected chi connectivity index (χ0v) is 9.74. The normalized spacial score (nSPS) is 19.2. The Morgan fingerprint density at radius 1 is 1.28 bits per heavy atom. The summed E-state index contributed by atoms with van der Waals surface area (Å²) < 4.78 is 24.3. The number of carbonyl (C=O) groups is 2. The number of sulfone groups is 1. The van der Waals surface area contributed by atoms with Gasteiger partial charge in [-0.1, -0.05) is 28.5 Å². The molecule has 0 aromatic heterocycles. The minimum Gasteiger partial charge on any atom is -0.350 e. The van der Waals surface area contributed by atoms with Crippen molar-refractivity contribution in [1.29, 1.82) is 0 Å². The SMILES string of the molecule is NC(=O)N1N=NC(=O)C1S(=O)(=O)c1ccccc1. The number of benzene rings is 1. The number of nitrogens with zero attached hydrogens (tertiary/aromatic N) is 3. The van der Waals surface area contributed by atoms with Gasteiger partial charge in [0, 0.05) is 0 Å². The molecule has 9 heteroatoms. The molecule has 0 bridgehead atoms. The monoisotopic (exact) mass is 268 g/mol. The third-order valence-electron chi connectivity index (χ3n) is 2.26. The Kier molecular flexibility index (Phi) is 2.83. The summed E-state index contributed by atoms with van der Waals surface area (Å²) in [5.74, 6) is -1.04. The van der Waals surface area contributed by atoms with Gasteiger partial charge in [-0.05, 0) is 12.1 Å². The molecule has 1 atom stereocenters. The fourth-order valence-corrected chi connectivity index (χ4v) is 2.97. The second-order valence-corrected chi connectivity index (χ2v) is 5.43. The van der Waals surface area contributed by atoms with Gasteiger partial charge in [0.05, 0.1) is 4.90 Å².